The minimum atomic E-state index is 0.401. The van der Waals surface area contributed by atoms with E-state index in [0.29, 0.717) is 29.3 Å². The SMILES string of the molecule is CC(C)COCCSc1nc(N)cc(N)n1. The van der Waals surface area contributed by atoms with Gasteiger partial charge in [-0.2, -0.15) is 0 Å². The van der Waals surface area contributed by atoms with Gasteiger partial charge in [0.2, 0.25) is 0 Å². The first-order chi connectivity index (χ1) is 7.58. The Morgan fingerprint density at radius 1 is 1.31 bits per heavy atom. The number of thioether (sulfide) groups is 1. The smallest absolute Gasteiger partial charge is 0.191 e. The zero-order valence-electron chi connectivity index (χ0n) is 9.64. The molecule has 0 radical (unpaired) electrons. The molecule has 0 spiro atoms. The van der Waals surface area contributed by atoms with Gasteiger partial charge in [-0.1, -0.05) is 25.6 Å². The average molecular weight is 242 g/mol. The molecule has 16 heavy (non-hydrogen) atoms. The second kappa shape index (κ2) is 6.55. The van der Waals surface area contributed by atoms with Gasteiger partial charge in [0, 0.05) is 18.4 Å². The Hall–Kier alpha value is -1.01. The summed E-state index contributed by atoms with van der Waals surface area (Å²) in [5, 5.41) is 0.602. The van der Waals surface area contributed by atoms with Gasteiger partial charge in [0.05, 0.1) is 6.61 Å². The van der Waals surface area contributed by atoms with E-state index in [0.717, 1.165) is 12.4 Å². The molecule has 0 aliphatic heterocycles. The summed E-state index contributed by atoms with van der Waals surface area (Å²) in [6.45, 7) is 5.70. The summed E-state index contributed by atoms with van der Waals surface area (Å²) in [4.78, 5) is 8.12. The van der Waals surface area contributed by atoms with Gasteiger partial charge in [0.15, 0.2) is 5.16 Å². The standard InChI is InChI=1S/C10H18N4OS/c1-7(2)6-15-3-4-16-10-13-8(11)5-9(12)14-10/h5,7H,3-4,6H2,1-2H3,(H4,11,12,13,14). The fraction of sp³-hybridized carbons (Fsp3) is 0.600. The highest BCUT2D eigenvalue weighted by Gasteiger charge is 2.01. The first kappa shape index (κ1) is 13.1. The molecule has 4 N–H and O–H groups in total. The van der Waals surface area contributed by atoms with E-state index < -0.39 is 0 Å². The van der Waals surface area contributed by atoms with Crippen LogP contribution in [0.25, 0.3) is 0 Å². The number of hydrogen-bond donors (Lipinski definition) is 2. The molecule has 0 amide bonds. The van der Waals surface area contributed by atoms with E-state index >= 15 is 0 Å². The third-order valence-corrected chi connectivity index (χ3v) is 2.47. The molecule has 0 aromatic carbocycles. The molecule has 0 atom stereocenters. The summed E-state index contributed by atoms with van der Waals surface area (Å²) in [5.74, 6) is 2.16. The Kier molecular flexibility index (Phi) is 5.34. The molecule has 1 aromatic heterocycles. The van der Waals surface area contributed by atoms with Crippen molar-refractivity contribution in [2.45, 2.75) is 19.0 Å². The molecule has 1 rings (SSSR count). The minimum absolute atomic E-state index is 0.401. The van der Waals surface area contributed by atoms with Crippen LogP contribution in [0.5, 0.6) is 0 Å². The van der Waals surface area contributed by atoms with Crippen molar-refractivity contribution in [2.75, 3.05) is 30.4 Å². The van der Waals surface area contributed by atoms with Crippen LogP contribution in [-0.4, -0.2) is 28.9 Å². The highest BCUT2D eigenvalue weighted by molar-refractivity contribution is 7.99. The number of aromatic nitrogens is 2. The lowest BCUT2D eigenvalue weighted by molar-refractivity contribution is 0.124. The van der Waals surface area contributed by atoms with Crippen molar-refractivity contribution < 1.29 is 4.74 Å². The number of anilines is 2. The van der Waals surface area contributed by atoms with Crippen molar-refractivity contribution in [3.63, 3.8) is 0 Å². The van der Waals surface area contributed by atoms with Gasteiger partial charge in [0.1, 0.15) is 11.6 Å². The van der Waals surface area contributed by atoms with Gasteiger partial charge >= 0.3 is 0 Å². The molecular weight excluding hydrogens is 224 g/mol. The predicted molar refractivity (Wildman–Crippen MR) is 67.2 cm³/mol. The second-order valence-corrected chi connectivity index (χ2v) is 4.88. The molecule has 6 heteroatoms. The molecule has 1 heterocycles. The second-order valence-electron chi connectivity index (χ2n) is 3.82. The molecule has 5 nitrogen and oxygen atoms in total. The van der Waals surface area contributed by atoms with E-state index in [9.17, 15) is 0 Å². The zero-order valence-corrected chi connectivity index (χ0v) is 10.5. The molecule has 0 fully saturated rings. The quantitative estimate of drug-likeness (QED) is 0.445. The van der Waals surface area contributed by atoms with Crippen molar-refractivity contribution in [3.05, 3.63) is 6.07 Å². The first-order valence-corrected chi connectivity index (χ1v) is 6.17. The average Bonchev–Trinajstić information content (AvgIpc) is 2.15. The van der Waals surface area contributed by atoms with Crippen LogP contribution in [0.2, 0.25) is 0 Å². The van der Waals surface area contributed by atoms with Crippen molar-refractivity contribution in [3.8, 4) is 0 Å². The predicted octanol–water partition coefficient (Wildman–Crippen LogP) is 1.41. The van der Waals surface area contributed by atoms with Gasteiger partial charge in [0.25, 0.3) is 0 Å². The molecule has 0 unspecified atom stereocenters. The third kappa shape index (κ3) is 5.18. The molecule has 0 aliphatic carbocycles. The topological polar surface area (TPSA) is 87.0 Å². The van der Waals surface area contributed by atoms with E-state index in [-0.39, 0.29) is 0 Å². The lowest BCUT2D eigenvalue weighted by Crippen LogP contribution is -2.05. The maximum Gasteiger partial charge on any atom is 0.191 e. The summed E-state index contributed by atoms with van der Waals surface area (Å²) in [6.07, 6.45) is 0. The number of nitrogens with zero attached hydrogens (tertiary/aromatic N) is 2. The van der Waals surface area contributed by atoms with E-state index in [1.165, 1.54) is 11.8 Å². The number of nitrogens with two attached hydrogens (primary N) is 2. The summed E-state index contributed by atoms with van der Waals surface area (Å²) in [5.41, 5.74) is 11.1. The van der Waals surface area contributed by atoms with Gasteiger partial charge < -0.3 is 16.2 Å². The lowest BCUT2D eigenvalue weighted by atomic mass is 10.2. The summed E-state index contributed by atoms with van der Waals surface area (Å²) in [7, 11) is 0. The largest absolute Gasteiger partial charge is 0.383 e. The van der Waals surface area contributed by atoms with Crippen LogP contribution in [0.1, 0.15) is 13.8 Å². The van der Waals surface area contributed by atoms with Crippen molar-refractivity contribution in [2.24, 2.45) is 5.92 Å². The Labute approximate surface area is 100.0 Å². The number of nitrogen functional groups attached to an aromatic ring is 2. The van der Waals surface area contributed by atoms with Crippen LogP contribution in [0.4, 0.5) is 11.6 Å². The van der Waals surface area contributed by atoms with Crippen LogP contribution in [0.3, 0.4) is 0 Å². The van der Waals surface area contributed by atoms with Crippen molar-refractivity contribution >= 4 is 23.4 Å². The maximum atomic E-state index is 5.55. The Morgan fingerprint density at radius 3 is 2.50 bits per heavy atom. The van der Waals surface area contributed by atoms with Gasteiger partial charge in [-0.15, -0.1) is 0 Å². The Balaban J connectivity index is 2.26. The molecular formula is C10H18N4OS. The fourth-order valence-electron chi connectivity index (χ4n) is 1.04. The maximum absolute atomic E-state index is 5.55. The van der Waals surface area contributed by atoms with E-state index in [4.69, 9.17) is 16.2 Å². The van der Waals surface area contributed by atoms with Crippen molar-refractivity contribution in [1.82, 2.24) is 9.97 Å². The summed E-state index contributed by atoms with van der Waals surface area (Å²) >= 11 is 1.49. The van der Waals surface area contributed by atoms with Gasteiger partial charge in [-0.25, -0.2) is 9.97 Å². The molecule has 0 saturated heterocycles. The van der Waals surface area contributed by atoms with E-state index in [1.807, 2.05) is 0 Å². The lowest BCUT2D eigenvalue weighted by Gasteiger charge is -2.06. The molecule has 0 aliphatic rings. The van der Waals surface area contributed by atoms with E-state index in [1.54, 1.807) is 6.07 Å². The first-order valence-electron chi connectivity index (χ1n) is 5.18. The molecule has 0 bridgehead atoms. The van der Waals surface area contributed by atoms with E-state index in [2.05, 4.69) is 23.8 Å². The molecule has 90 valence electrons. The number of rotatable bonds is 6. The molecule has 1 aromatic rings. The summed E-state index contributed by atoms with van der Waals surface area (Å²) < 4.78 is 5.44. The highest BCUT2D eigenvalue weighted by Crippen LogP contribution is 2.15. The van der Waals surface area contributed by atoms with Crippen molar-refractivity contribution in [1.29, 1.82) is 0 Å². The Morgan fingerprint density at radius 2 is 1.94 bits per heavy atom. The van der Waals surface area contributed by atoms with Gasteiger partial charge in [-0.05, 0) is 5.92 Å². The summed E-state index contributed by atoms with van der Waals surface area (Å²) in [6, 6.07) is 1.54. The van der Waals surface area contributed by atoms with Crippen LogP contribution in [0, 0.1) is 5.92 Å². The zero-order chi connectivity index (χ0) is 12.0. The minimum Gasteiger partial charge on any atom is -0.383 e. The van der Waals surface area contributed by atoms with Crippen LogP contribution >= 0.6 is 11.8 Å². The number of hydrogen-bond acceptors (Lipinski definition) is 6. The molecule has 0 saturated carbocycles. The van der Waals surface area contributed by atoms with Crippen LogP contribution in [-0.2, 0) is 4.74 Å². The third-order valence-electron chi connectivity index (χ3n) is 1.66. The highest BCUT2D eigenvalue weighted by atomic mass is 32.2. The fourth-order valence-corrected chi connectivity index (χ4v) is 1.76. The Bertz CT molecular complexity index is 312. The normalized spacial score (nSPS) is 10.9. The van der Waals surface area contributed by atoms with Gasteiger partial charge in [-0.3, -0.25) is 0 Å². The number of ether oxygens (including phenoxy) is 1. The van der Waals surface area contributed by atoms with Crippen LogP contribution in [0.15, 0.2) is 11.2 Å². The van der Waals surface area contributed by atoms with Crippen LogP contribution < -0.4 is 11.5 Å². The monoisotopic (exact) mass is 242 g/mol.